The van der Waals surface area contributed by atoms with Crippen molar-refractivity contribution in [2.24, 2.45) is 0 Å². The Kier molecular flexibility index (Phi) is 3.01. The van der Waals surface area contributed by atoms with Crippen LogP contribution in [0.15, 0.2) is 0 Å². The molecule has 1 aromatic heterocycles. The molecule has 2 heterocycles. The molecule has 2 rings (SSSR count). The van der Waals surface area contributed by atoms with Crippen LogP contribution >= 0.6 is 0 Å². The van der Waals surface area contributed by atoms with Gasteiger partial charge in [-0.3, -0.25) is 0 Å². The van der Waals surface area contributed by atoms with E-state index in [9.17, 15) is 5.11 Å². The van der Waals surface area contributed by atoms with E-state index in [2.05, 4.69) is 20.3 Å². The molecule has 0 radical (unpaired) electrons. The molecule has 1 saturated heterocycles. The zero-order valence-electron chi connectivity index (χ0n) is 10.3. The van der Waals surface area contributed by atoms with E-state index in [1.165, 1.54) is 7.11 Å². The molecule has 1 aromatic rings. The number of hydrogen-bond donors (Lipinski definition) is 2. The summed E-state index contributed by atoms with van der Waals surface area (Å²) in [6, 6.07) is 0.269. The Morgan fingerprint density at radius 1 is 1.41 bits per heavy atom. The van der Waals surface area contributed by atoms with Gasteiger partial charge in [0.25, 0.3) is 0 Å². The standard InChI is InChI=1S/C10H17N5O2/c1-10(16)4-5-15(6-10)8-12-7(11-2)13-9(14-8)17-3/h16H,4-6H2,1-3H3,(H,11,12,13,14). The Morgan fingerprint density at radius 2 is 2.18 bits per heavy atom. The summed E-state index contributed by atoms with van der Waals surface area (Å²) in [5.41, 5.74) is -0.681. The summed E-state index contributed by atoms with van der Waals surface area (Å²) in [7, 11) is 3.25. The van der Waals surface area contributed by atoms with Gasteiger partial charge in [-0.05, 0) is 13.3 Å². The second kappa shape index (κ2) is 4.33. The third-order valence-electron chi connectivity index (χ3n) is 2.74. The predicted octanol–water partition coefficient (Wildman–Crippen LogP) is -0.117. The molecular weight excluding hydrogens is 222 g/mol. The fourth-order valence-electron chi connectivity index (χ4n) is 1.81. The van der Waals surface area contributed by atoms with Crippen molar-refractivity contribution in [1.82, 2.24) is 15.0 Å². The molecule has 0 aliphatic carbocycles. The lowest BCUT2D eigenvalue weighted by molar-refractivity contribution is 0.0838. The zero-order valence-corrected chi connectivity index (χ0v) is 10.3. The summed E-state index contributed by atoms with van der Waals surface area (Å²) in [4.78, 5) is 14.4. The van der Waals surface area contributed by atoms with Gasteiger partial charge in [-0.2, -0.15) is 15.0 Å². The number of rotatable bonds is 3. The summed E-state index contributed by atoms with van der Waals surface area (Å²) in [6.07, 6.45) is 0.704. The normalized spacial score (nSPS) is 23.9. The van der Waals surface area contributed by atoms with Crippen molar-refractivity contribution < 1.29 is 9.84 Å². The van der Waals surface area contributed by atoms with Gasteiger partial charge in [-0.25, -0.2) is 0 Å². The van der Waals surface area contributed by atoms with Crippen LogP contribution in [0.1, 0.15) is 13.3 Å². The Hall–Kier alpha value is -1.63. The van der Waals surface area contributed by atoms with E-state index >= 15 is 0 Å². The number of β-amino-alcohol motifs (C(OH)–C–C–N with tert-alkyl or cyclic N) is 1. The van der Waals surface area contributed by atoms with E-state index in [0.29, 0.717) is 24.9 Å². The molecule has 1 fully saturated rings. The molecule has 2 N–H and O–H groups in total. The van der Waals surface area contributed by atoms with Gasteiger partial charge in [-0.15, -0.1) is 0 Å². The lowest BCUT2D eigenvalue weighted by Gasteiger charge is -2.19. The molecule has 94 valence electrons. The van der Waals surface area contributed by atoms with Crippen LogP contribution in [0.2, 0.25) is 0 Å². The number of ether oxygens (including phenoxy) is 1. The molecule has 0 spiro atoms. The van der Waals surface area contributed by atoms with Crippen molar-refractivity contribution in [3.8, 4) is 6.01 Å². The first kappa shape index (κ1) is 11.8. The molecule has 0 bridgehead atoms. The highest BCUT2D eigenvalue weighted by atomic mass is 16.5. The molecule has 0 saturated carbocycles. The maximum Gasteiger partial charge on any atom is 0.322 e. The van der Waals surface area contributed by atoms with Crippen LogP contribution < -0.4 is 15.0 Å². The summed E-state index contributed by atoms with van der Waals surface area (Å²) >= 11 is 0. The highest BCUT2D eigenvalue weighted by Crippen LogP contribution is 2.25. The molecule has 1 unspecified atom stereocenters. The van der Waals surface area contributed by atoms with Crippen LogP contribution in [0.4, 0.5) is 11.9 Å². The molecule has 17 heavy (non-hydrogen) atoms. The van der Waals surface area contributed by atoms with Gasteiger partial charge in [0.1, 0.15) is 0 Å². The van der Waals surface area contributed by atoms with E-state index < -0.39 is 5.60 Å². The summed E-state index contributed by atoms with van der Waals surface area (Å²) in [6.45, 7) is 3.05. The van der Waals surface area contributed by atoms with Crippen LogP contribution in [-0.4, -0.2) is 52.9 Å². The second-order valence-corrected chi connectivity index (χ2v) is 4.36. The smallest absolute Gasteiger partial charge is 0.322 e. The average molecular weight is 239 g/mol. The second-order valence-electron chi connectivity index (χ2n) is 4.36. The molecule has 1 aliphatic rings. The topological polar surface area (TPSA) is 83.4 Å². The Bertz CT molecular complexity index is 387. The molecule has 1 atom stereocenters. The first-order valence-electron chi connectivity index (χ1n) is 5.49. The fourth-order valence-corrected chi connectivity index (χ4v) is 1.81. The molecule has 7 heteroatoms. The number of anilines is 2. The van der Waals surface area contributed by atoms with Gasteiger partial charge in [-0.1, -0.05) is 0 Å². The van der Waals surface area contributed by atoms with E-state index in [0.717, 1.165) is 6.54 Å². The minimum atomic E-state index is -0.681. The minimum absolute atomic E-state index is 0.269. The molecule has 0 aromatic carbocycles. The third kappa shape index (κ3) is 2.55. The van der Waals surface area contributed by atoms with Gasteiger partial charge in [0.2, 0.25) is 11.9 Å². The van der Waals surface area contributed by atoms with Crippen LogP contribution in [0.25, 0.3) is 0 Å². The van der Waals surface area contributed by atoms with Gasteiger partial charge in [0.05, 0.1) is 12.7 Å². The monoisotopic (exact) mass is 239 g/mol. The van der Waals surface area contributed by atoms with Crippen molar-refractivity contribution in [3.05, 3.63) is 0 Å². The Balaban J connectivity index is 2.26. The fraction of sp³-hybridized carbons (Fsp3) is 0.700. The van der Waals surface area contributed by atoms with E-state index in [1.54, 1.807) is 7.05 Å². The summed E-state index contributed by atoms with van der Waals surface area (Å²) in [5, 5.41) is 12.8. The largest absolute Gasteiger partial charge is 0.467 e. The number of hydrogen-bond acceptors (Lipinski definition) is 7. The Labute approximate surface area is 99.9 Å². The first-order chi connectivity index (χ1) is 8.04. The Morgan fingerprint density at radius 3 is 2.71 bits per heavy atom. The first-order valence-corrected chi connectivity index (χ1v) is 5.49. The molecular formula is C10H17N5O2. The van der Waals surface area contributed by atoms with E-state index in [1.807, 2.05) is 11.8 Å². The lowest BCUT2D eigenvalue weighted by atomic mass is 10.1. The minimum Gasteiger partial charge on any atom is -0.467 e. The van der Waals surface area contributed by atoms with Crippen molar-refractivity contribution in [1.29, 1.82) is 0 Å². The maximum atomic E-state index is 9.92. The van der Waals surface area contributed by atoms with Crippen molar-refractivity contribution in [3.63, 3.8) is 0 Å². The van der Waals surface area contributed by atoms with Gasteiger partial charge < -0.3 is 20.1 Å². The van der Waals surface area contributed by atoms with Crippen molar-refractivity contribution in [2.45, 2.75) is 18.9 Å². The van der Waals surface area contributed by atoms with E-state index in [-0.39, 0.29) is 6.01 Å². The van der Waals surface area contributed by atoms with Gasteiger partial charge >= 0.3 is 6.01 Å². The van der Waals surface area contributed by atoms with Crippen molar-refractivity contribution >= 4 is 11.9 Å². The molecule has 7 nitrogen and oxygen atoms in total. The summed E-state index contributed by atoms with van der Waals surface area (Å²) < 4.78 is 5.02. The highest BCUT2D eigenvalue weighted by Gasteiger charge is 2.33. The lowest BCUT2D eigenvalue weighted by Crippen LogP contribution is -2.30. The number of methoxy groups -OCH3 is 1. The quantitative estimate of drug-likeness (QED) is 0.761. The SMILES string of the molecule is CNc1nc(OC)nc(N2CCC(C)(O)C2)n1. The number of nitrogens with one attached hydrogen (secondary N) is 1. The van der Waals surface area contributed by atoms with Gasteiger partial charge in [0.15, 0.2) is 0 Å². The number of aromatic nitrogens is 3. The predicted molar refractivity (Wildman–Crippen MR) is 63.4 cm³/mol. The molecule has 1 aliphatic heterocycles. The molecule has 0 amide bonds. The average Bonchev–Trinajstić information content (AvgIpc) is 2.69. The van der Waals surface area contributed by atoms with Crippen LogP contribution in [0.5, 0.6) is 6.01 Å². The summed E-state index contributed by atoms with van der Waals surface area (Å²) in [5.74, 6) is 0.984. The van der Waals surface area contributed by atoms with Crippen LogP contribution in [0, 0.1) is 0 Å². The zero-order chi connectivity index (χ0) is 12.5. The third-order valence-corrected chi connectivity index (χ3v) is 2.74. The van der Waals surface area contributed by atoms with Crippen molar-refractivity contribution in [2.75, 3.05) is 37.5 Å². The van der Waals surface area contributed by atoms with Crippen LogP contribution in [0.3, 0.4) is 0 Å². The van der Waals surface area contributed by atoms with Crippen LogP contribution in [-0.2, 0) is 0 Å². The van der Waals surface area contributed by atoms with Gasteiger partial charge in [0, 0.05) is 20.1 Å². The maximum absolute atomic E-state index is 9.92. The number of nitrogens with zero attached hydrogens (tertiary/aromatic N) is 4. The number of aliphatic hydroxyl groups is 1. The van der Waals surface area contributed by atoms with E-state index in [4.69, 9.17) is 4.74 Å². The highest BCUT2D eigenvalue weighted by molar-refractivity contribution is 5.39.